The normalized spacial score (nSPS) is 18.3. The van der Waals surface area contributed by atoms with Gasteiger partial charge in [-0.05, 0) is 108 Å². The number of hydrogen-bond acceptors (Lipinski definition) is 2. The van der Waals surface area contributed by atoms with Crippen LogP contribution >= 0.6 is 12.2 Å². The summed E-state index contributed by atoms with van der Waals surface area (Å²) >= 11 is 4.57. The number of allylic oxidation sites excluding steroid dienone is 1. The highest BCUT2D eigenvalue weighted by Gasteiger charge is 2.31. The first-order valence-corrected chi connectivity index (χ1v) is 11.8. The first-order chi connectivity index (χ1) is 16.1. The van der Waals surface area contributed by atoms with Gasteiger partial charge >= 0.3 is 0 Å². The van der Waals surface area contributed by atoms with E-state index in [9.17, 15) is 4.39 Å². The molecule has 0 N–H and O–H groups in total. The van der Waals surface area contributed by atoms with E-state index in [1.54, 1.807) is 6.07 Å². The zero-order valence-corrected chi connectivity index (χ0v) is 19.4. The van der Waals surface area contributed by atoms with Crippen LogP contribution in [0.3, 0.4) is 0 Å². The quantitative estimate of drug-likeness (QED) is 0.225. The van der Waals surface area contributed by atoms with Gasteiger partial charge in [0, 0.05) is 11.1 Å². The highest BCUT2D eigenvalue weighted by Crippen LogP contribution is 2.40. The van der Waals surface area contributed by atoms with E-state index in [4.69, 9.17) is 0 Å². The zero-order valence-electron chi connectivity index (χ0n) is 18.6. The molecule has 2 unspecified atom stereocenters. The molecular weight excluding hydrogens is 425 g/mol. The average Bonchev–Trinajstić information content (AvgIpc) is 3.53. The second-order valence-corrected chi connectivity index (χ2v) is 9.26. The summed E-state index contributed by atoms with van der Waals surface area (Å²) in [5.74, 6) is 8.06. The van der Waals surface area contributed by atoms with Gasteiger partial charge in [-0.3, -0.25) is 0 Å². The Bertz CT molecular complexity index is 1350. The summed E-state index contributed by atoms with van der Waals surface area (Å²) in [6.45, 7) is 2.33. The van der Waals surface area contributed by atoms with Crippen molar-refractivity contribution in [1.29, 1.82) is 0 Å². The molecule has 0 bridgehead atoms. The minimum atomic E-state index is -0.393. The Morgan fingerprint density at radius 1 is 0.970 bits per heavy atom. The monoisotopic (exact) mass is 449 g/mol. The lowest BCUT2D eigenvalue weighted by Gasteiger charge is -2.15. The van der Waals surface area contributed by atoms with E-state index >= 15 is 0 Å². The summed E-state index contributed by atoms with van der Waals surface area (Å²) in [4.78, 5) is 3.75. The molecule has 1 saturated carbocycles. The van der Waals surface area contributed by atoms with Gasteiger partial charge in [-0.15, -0.1) is 0 Å². The van der Waals surface area contributed by atoms with E-state index in [0.717, 1.165) is 46.9 Å². The van der Waals surface area contributed by atoms with Crippen LogP contribution < -0.4 is 0 Å². The van der Waals surface area contributed by atoms with Crippen LogP contribution in [-0.4, -0.2) is 5.16 Å². The molecule has 3 heteroatoms. The van der Waals surface area contributed by atoms with Crippen LogP contribution in [0.2, 0.25) is 0 Å². The number of hydrogen-bond donors (Lipinski definition) is 0. The fraction of sp³-hybridized carbons (Fsp3) is 0.233. The lowest BCUT2D eigenvalue weighted by molar-refractivity contribution is 0.630. The summed E-state index contributed by atoms with van der Waals surface area (Å²) < 4.78 is 14.2. The van der Waals surface area contributed by atoms with Crippen molar-refractivity contribution in [3.8, 4) is 23.0 Å². The largest absolute Gasteiger partial charge is 0.205 e. The number of halogens is 1. The molecule has 3 aromatic rings. The molecule has 3 aromatic carbocycles. The number of isothiocyanates is 1. The SMILES string of the molecule is CC1CC1Cc1ccc(C#CC2=Cc3ccc(-c4ccc(N=C=S)c(F)c4)cc3CC2)cc1. The second kappa shape index (κ2) is 9.28. The van der Waals surface area contributed by atoms with Gasteiger partial charge in [0.1, 0.15) is 11.5 Å². The van der Waals surface area contributed by atoms with Crippen molar-refractivity contribution >= 4 is 29.1 Å². The van der Waals surface area contributed by atoms with Crippen molar-refractivity contribution in [2.24, 2.45) is 16.8 Å². The van der Waals surface area contributed by atoms with Crippen molar-refractivity contribution in [3.05, 3.63) is 94.3 Å². The van der Waals surface area contributed by atoms with Crippen LogP contribution in [0.15, 0.2) is 71.2 Å². The van der Waals surface area contributed by atoms with Crippen molar-refractivity contribution < 1.29 is 4.39 Å². The van der Waals surface area contributed by atoms with E-state index in [1.807, 2.05) is 12.1 Å². The molecule has 0 saturated heterocycles. The van der Waals surface area contributed by atoms with E-state index in [1.165, 1.54) is 35.6 Å². The third kappa shape index (κ3) is 5.04. The summed E-state index contributed by atoms with van der Waals surface area (Å²) in [6.07, 6.45) is 6.58. The third-order valence-electron chi connectivity index (χ3n) is 6.68. The summed E-state index contributed by atoms with van der Waals surface area (Å²) in [5, 5.41) is 2.21. The molecule has 1 fully saturated rings. The Morgan fingerprint density at radius 3 is 2.45 bits per heavy atom. The maximum atomic E-state index is 14.2. The molecule has 5 rings (SSSR count). The highest BCUT2D eigenvalue weighted by atomic mass is 32.1. The third-order valence-corrected chi connectivity index (χ3v) is 6.77. The predicted molar refractivity (Wildman–Crippen MR) is 137 cm³/mol. The number of aliphatic imine (C=N–C) groups is 1. The molecule has 33 heavy (non-hydrogen) atoms. The van der Waals surface area contributed by atoms with Crippen molar-refractivity contribution in [2.45, 2.75) is 32.6 Å². The molecule has 0 aromatic heterocycles. The van der Waals surface area contributed by atoms with Crippen molar-refractivity contribution in [1.82, 2.24) is 0 Å². The molecule has 2 aliphatic carbocycles. The Hall–Kier alpha value is -3.31. The zero-order chi connectivity index (χ0) is 22.8. The van der Waals surface area contributed by atoms with Gasteiger partial charge in [0.2, 0.25) is 0 Å². The van der Waals surface area contributed by atoms with Gasteiger partial charge in [-0.2, -0.15) is 4.99 Å². The Labute approximate surface area is 200 Å². The van der Waals surface area contributed by atoms with Gasteiger partial charge in [0.05, 0.1) is 5.16 Å². The van der Waals surface area contributed by atoms with Crippen LogP contribution in [0.4, 0.5) is 10.1 Å². The molecule has 0 amide bonds. The molecular formula is C30H24FNS. The van der Waals surface area contributed by atoms with E-state index in [2.05, 4.69) is 83.6 Å². The van der Waals surface area contributed by atoms with Gasteiger partial charge < -0.3 is 0 Å². The molecule has 0 heterocycles. The van der Waals surface area contributed by atoms with Crippen LogP contribution in [0.25, 0.3) is 17.2 Å². The van der Waals surface area contributed by atoms with Gasteiger partial charge in [-0.25, -0.2) is 4.39 Å². The number of aryl methyl sites for hydroxylation is 1. The van der Waals surface area contributed by atoms with Gasteiger partial charge in [0.15, 0.2) is 0 Å². The number of thiocarbonyl (C=S) groups is 1. The second-order valence-electron chi connectivity index (χ2n) is 9.08. The Morgan fingerprint density at radius 2 is 1.73 bits per heavy atom. The predicted octanol–water partition coefficient (Wildman–Crippen LogP) is 7.81. The first kappa shape index (κ1) is 21.5. The topological polar surface area (TPSA) is 12.4 Å². The molecule has 0 spiro atoms. The number of benzene rings is 3. The van der Waals surface area contributed by atoms with Crippen LogP contribution in [0.5, 0.6) is 0 Å². The van der Waals surface area contributed by atoms with E-state index < -0.39 is 5.82 Å². The summed E-state index contributed by atoms with van der Waals surface area (Å²) in [7, 11) is 0. The maximum Gasteiger partial charge on any atom is 0.150 e. The lowest BCUT2D eigenvalue weighted by Crippen LogP contribution is -1.99. The minimum Gasteiger partial charge on any atom is -0.205 e. The first-order valence-electron chi connectivity index (χ1n) is 11.4. The summed E-state index contributed by atoms with van der Waals surface area (Å²) in [6, 6.07) is 20.0. The fourth-order valence-corrected chi connectivity index (χ4v) is 4.56. The standard InChI is InChI=1S/C30H24FNS/c1-20-14-28(20)16-22-5-2-21(3-6-22)4-7-23-8-9-25-17-26(11-10-24(25)15-23)27-12-13-30(32-19-33)29(31)18-27/h2-3,5-6,10-13,15,17-18,20,28H,8-9,14,16H2,1H3. The number of rotatable bonds is 4. The fourth-order valence-electron chi connectivity index (χ4n) is 4.46. The van der Waals surface area contributed by atoms with Crippen LogP contribution in [-0.2, 0) is 12.8 Å². The number of fused-ring (bicyclic) bond motifs is 1. The number of nitrogens with zero attached hydrogens (tertiary/aromatic N) is 1. The average molecular weight is 450 g/mol. The molecule has 0 aliphatic heterocycles. The molecule has 2 aliphatic rings. The molecule has 162 valence electrons. The smallest absolute Gasteiger partial charge is 0.150 e. The Balaban J connectivity index is 1.31. The van der Waals surface area contributed by atoms with Gasteiger partial charge in [-0.1, -0.05) is 55.2 Å². The Kier molecular flexibility index (Phi) is 6.05. The molecule has 0 radical (unpaired) electrons. The minimum absolute atomic E-state index is 0.213. The van der Waals surface area contributed by atoms with E-state index in [0.29, 0.717) is 0 Å². The van der Waals surface area contributed by atoms with Crippen LogP contribution in [0, 0.1) is 29.5 Å². The molecule has 1 nitrogen and oxygen atoms in total. The van der Waals surface area contributed by atoms with E-state index in [-0.39, 0.29) is 5.69 Å². The van der Waals surface area contributed by atoms with Gasteiger partial charge in [0.25, 0.3) is 0 Å². The molecule has 2 atom stereocenters. The van der Waals surface area contributed by atoms with Crippen LogP contribution in [0.1, 0.15) is 42.0 Å². The maximum absolute atomic E-state index is 14.2. The highest BCUT2D eigenvalue weighted by molar-refractivity contribution is 7.78. The van der Waals surface area contributed by atoms with Crippen molar-refractivity contribution in [2.75, 3.05) is 0 Å². The summed E-state index contributed by atoms with van der Waals surface area (Å²) in [5.41, 5.74) is 8.11. The lowest BCUT2D eigenvalue weighted by atomic mass is 9.89. The van der Waals surface area contributed by atoms with Crippen molar-refractivity contribution in [3.63, 3.8) is 0 Å².